The fourth-order valence-corrected chi connectivity index (χ4v) is 2.04. The van der Waals surface area contributed by atoms with Crippen LogP contribution in [0, 0.1) is 15.2 Å². The van der Waals surface area contributed by atoms with Gasteiger partial charge in [0.1, 0.15) is 11.6 Å². The summed E-state index contributed by atoms with van der Waals surface area (Å²) in [5, 5.41) is 2.99. The molecular formula is C12H9F2IN2. The van der Waals surface area contributed by atoms with E-state index in [1.807, 2.05) is 22.6 Å². The zero-order chi connectivity index (χ0) is 12.4. The number of nitrogen functional groups attached to an aromatic ring is 1. The second-order valence-electron chi connectivity index (χ2n) is 3.52. The largest absolute Gasteiger partial charge is 0.399 e. The van der Waals surface area contributed by atoms with Crippen LogP contribution >= 0.6 is 22.6 Å². The predicted molar refractivity (Wildman–Crippen MR) is 73.2 cm³/mol. The van der Waals surface area contributed by atoms with Gasteiger partial charge in [-0.25, -0.2) is 8.78 Å². The first-order valence-electron chi connectivity index (χ1n) is 4.83. The molecule has 0 saturated heterocycles. The Labute approximate surface area is 111 Å². The molecule has 17 heavy (non-hydrogen) atoms. The lowest BCUT2D eigenvalue weighted by atomic mass is 10.2. The number of halogens is 3. The Morgan fingerprint density at radius 2 is 1.76 bits per heavy atom. The first kappa shape index (κ1) is 12.1. The van der Waals surface area contributed by atoms with Crippen molar-refractivity contribution < 1.29 is 8.78 Å². The SMILES string of the molecule is Nc1cc(F)cc(Nc2ccc(F)cc2I)c1. The van der Waals surface area contributed by atoms with Gasteiger partial charge < -0.3 is 11.1 Å². The van der Waals surface area contributed by atoms with E-state index in [2.05, 4.69) is 5.32 Å². The number of nitrogens with one attached hydrogen (secondary N) is 1. The molecule has 0 heterocycles. The Morgan fingerprint density at radius 3 is 2.41 bits per heavy atom. The maximum Gasteiger partial charge on any atom is 0.127 e. The van der Waals surface area contributed by atoms with Gasteiger partial charge in [0.15, 0.2) is 0 Å². The maximum atomic E-state index is 13.1. The molecular weight excluding hydrogens is 337 g/mol. The average Bonchev–Trinajstić information content (AvgIpc) is 2.21. The fraction of sp³-hybridized carbons (Fsp3) is 0. The van der Waals surface area contributed by atoms with E-state index in [1.165, 1.54) is 24.3 Å². The van der Waals surface area contributed by atoms with Gasteiger partial charge >= 0.3 is 0 Å². The number of hydrogen-bond acceptors (Lipinski definition) is 2. The summed E-state index contributed by atoms with van der Waals surface area (Å²) >= 11 is 2.00. The van der Waals surface area contributed by atoms with Crippen molar-refractivity contribution in [2.75, 3.05) is 11.1 Å². The summed E-state index contributed by atoms with van der Waals surface area (Å²) in [6.45, 7) is 0. The lowest BCUT2D eigenvalue weighted by molar-refractivity contribution is 0.626. The molecule has 0 fully saturated rings. The van der Waals surface area contributed by atoms with Gasteiger partial charge in [0.2, 0.25) is 0 Å². The van der Waals surface area contributed by atoms with Gasteiger partial charge in [-0.15, -0.1) is 0 Å². The van der Waals surface area contributed by atoms with Crippen LogP contribution in [0.15, 0.2) is 36.4 Å². The Balaban J connectivity index is 2.31. The van der Waals surface area contributed by atoms with E-state index in [1.54, 1.807) is 12.1 Å². The van der Waals surface area contributed by atoms with Gasteiger partial charge in [-0.1, -0.05) is 0 Å². The van der Waals surface area contributed by atoms with Crippen molar-refractivity contribution in [1.82, 2.24) is 0 Å². The van der Waals surface area contributed by atoms with Crippen molar-refractivity contribution in [3.63, 3.8) is 0 Å². The van der Waals surface area contributed by atoms with Gasteiger partial charge in [-0.3, -0.25) is 0 Å². The summed E-state index contributed by atoms with van der Waals surface area (Å²) in [5.41, 5.74) is 7.11. The monoisotopic (exact) mass is 346 g/mol. The average molecular weight is 346 g/mol. The summed E-state index contributed by atoms with van der Waals surface area (Å²) in [6, 6.07) is 8.51. The van der Waals surface area contributed by atoms with Crippen molar-refractivity contribution in [1.29, 1.82) is 0 Å². The molecule has 0 amide bonds. The molecule has 88 valence electrons. The molecule has 2 nitrogen and oxygen atoms in total. The van der Waals surface area contributed by atoms with E-state index in [-0.39, 0.29) is 5.82 Å². The van der Waals surface area contributed by atoms with E-state index in [9.17, 15) is 8.78 Å². The second-order valence-corrected chi connectivity index (χ2v) is 4.68. The minimum Gasteiger partial charge on any atom is -0.399 e. The van der Waals surface area contributed by atoms with Gasteiger partial charge in [0.25, 0.3) is 0 Å². The first-order chi connectivity index (χ1) is 8.04. The Bertz CT molecular complexity index is 538. The fourth-order valence-electron chi connectivity index (χ4n) is 1.43. The molecule has 5 heteroatoms. The smallest absolute Gasteiger partial charge is 0.127 e. The van der Waals surface area contributed by atoms with Gasteiger partial charge in [0, 0.05) is 14.9 Å². The molecule has 0 radical (unpaired) electrons. The lowest BCUT2D eigenvalue weighted by Gasteiger charge is -2.09. The molecule has 0 aliphatic carbocycles. The van der Waals surface area contributed by atoms with Crippen molar-refractivity contribution in [2.45, 2.75) is 0 Å². The summed E-state index contributed by atoms with van der Waals surface area (Å²) in [5.74, 6) is -0.719. The molecule has 0 spiro atoms. The summed E-state index contributed by atoms with van der Waals surface area (Å²) in [4.78, 5) is 0. The highest BCUT2D eigenvalue weighted by Crippen LogP contribution is 2.25. The Hall–Kier alpha value is -1.37. The van der Waals surface area contributed by atoms with Gasteiger partial charge in [0.05, 0.1) is 5.69 Å². The predicted octanol–water partition coefficient (Wildman–Crippen LogP) is 3.90. The van der Waals surface area contributed by atoms with Crippen LogP contribution in [0.25, 0.3) is 0 Å². The Kier molecular flexibility index (Phi) is 3.46. The standard InChI is InChI=1S/C12H9F2IN2/c13-7-1-2-12(11(15)5-7)17-10-4-8(14)3-9(16)6-10/h1-6,17H,16H2. The van der Waals surface area contributed by atoms with Crippen molar-refractivity contribution in [3.05, 3.63) is 51.6 Å². The van der Waals surface area contributed by atoms with Crippen LogP contribution in [0.1, 0.15) is 0 Å². The maximum absolute atomic E-state index is 13.1. The topological polar surface area (TPSA) is 38.0 Å². The number of hydrogen-bond donors (Lipinski definition) is 2. The van der Waals surface area contributed by atoms with Crippen molar-refractivity contribution in [3.8, 4) is 0 Å². The van der Waals surface area contributed by atoms with Crippen molar-refractivity contribution >= 4 is 39.7 Å². The third-order valence-corrected chi connectivity index (χ3v) is 3.02. The number of nitrogens with two attached hydrogens (primary N) is 1. The van der Waals surface area contributed by atoms with E-state index in [4.69, 9.17) is 5.73 Å². The van der Waals surface area contributed by atoms with Crippen LogP contribution in [-0.4, -0.2) is 0 Å². The van der Waals surface area contributed by atoms with Gasteiger partial charge in [-0.2, -0.15) is 0 Å². The number of rotatable bonds is 2. The molecule has 0 aliphatic rings. The molecule has 3 N–H and O–H groups in total. The summed E-state index contributed by atoms with van der Waals surface area (Å²) in [7, 11) is 0. The lowest BCUT2D eigenvalue weighted by Crippen LogP contribution is -1.96. The first-order valence-corrected chi connectivity index (χ1v) is 5.90. The highest BCUT2D eigenvalue weighted by atomic mass is 127. The van der Waals surface area contributed by atoms with Crippen LogP contribution in [0.3, 0.4) is 0 Å². The third kappa shape index (κ3) is 3.06. The summed E-state index contributed by atoms with van der Waals surface area (Å²) in [6.07, 6.45) is 0. The zero-order valence-electron chi connectivity index (χ0n) is 8.68. The van der Waals surface area contributed by atoms with E-state index in [0.29, 0.717) is 20.6 Å². The van der Waals surface area contributed by atoms with Crippen LogP contribution in [0.2, 0.25) is 0 Å². The minimum absolute atomic E-state index is 0.307. The molecule has 0 aromatic heterocycles. The minimum atomic E-state index is -0.412. The van der Waals surface area contributed by atoms with Crippen LogP contribution in [0.4, 0.5) is 25.8 Å². The summed E-state index contributed by atoms with van der Waals surface area (Å²) < 4.78 is 26.7. The number of anilines is 3. The molecule has 2 rings (SSSR count). The van der Waals surface area contributed by atoms with E-state index in [0.717, 1.165) is 0 Å². The molecule has 2 aromatic rings. The molecule has 2 aromatic carbocycles. The third-order valence-electron chi connectivity index (χ3n) is 2.13. The van der Waals surface area contributed by atoms with Crippen LogP contribution < -0.4 is 11.1 Å². The highest BCUT2D eigenvalue weighted by Gasteiger charge is 2.03. The van der Waals surface area contributed by atoms with Crippen LogP contribution in [-0.2, 0) is 0 Å². The van der Waals surface area contributed by atoms with Gasteiger partial charge in [-0.05, 0) is 59.0 Å². The molecule has 0 bridgehead atoms. The molecule has 0 saturated carbocycles. The van der Waals surface area contributed by atoms with E-state index < -0.39 is 5.82 Å². The van der Waals surface area contributed by atoms with Crippen LogP contribution in [0.5, 0.6) is 0 Å². The van der Waals surface area contributed by atoms with Crippen molar-refractivity contribution in [2.24, 2.45) is 0 Å². The second kappa shape index (κ2) is 4.87. The molecule has 0 aliphatic heterocycles. The molecule has 0 atom stereocenters. The highest BCUT2D eigenvalue weighted by molar-refractivity contribution is 14.1. The zero-order valence-corrected chi connectivity index (χ0v) is 10.8. The molecule has 0 unspecified atom stereocenters. The Morgan fingerprint density at radius 1 is 1.00 bits per heavy atom. The van der Waals surface area contributed by atoms with E-state index >= 15 is 0 Å². The normalized spacial score (nSPS) is 10.3. The number of benzene rings is 2. The quantitative estimate of drug-likeness (QED) is 0.640.